The summed E-state index contributed by atoms with van der Waals surface area (Å²) in [6.45, 7) is 16.7. The predicted molar refractivity (Wildman–Crippen MR) is 95.2 cm³/mol. The maximum absolute atomic E-state index is 10.1. The number of benzene rings is 1. The fourth-order valence-electron chi connectivity index (χ4n) is 1.06. The van der Waals surface area contributed by atoms with Gasteiger partial charge in [-0.05, 0) is 11.1 Å². The van der Waals surface area contributed by atoms with Gasteiger partial charge >= 0.3 is 11.9 Å². The highest BCUT2D eigenvalue weighted by Gasteiger charge is 1.89. The minimum absolute atomic E-state index is 0.241. The normalized spacial score (nSPS) is 7.91. The van der Waals surface area contributed by atoms with Crippen LogP contribution in [0.5, 0.6) is 0 Å². The molecule has 0 unspecified atom stereocenters. The highest BCUT2D eigenvalue weighted by Crippen LogP contribution is 2.05. The van der Waals surface area contributed by atoms with E-state index in [2.05, 4.69) is 35.8 Å². The van der Waals surface area contributed by atoms with Crippen LogP contribution in [0.15, 0.2) is 63.1 Å². The quantitative estimate of drug-likeness (QED) is 0.581. The first-order valence-corrected chi connectivity index (χ1v) is 6.88. The molecular weight excluding hydrogens is 292 g/mol. The zero-order valence-electron chi connectivity index (χ0n) is 13.8. The van der Waals surface area contributed by atoms with Crippen LogP contribution in [-0.2, 0) is 19.1 Å². The van der Waals surface area contributed by atoms with Crippen molar-refractivity contribution in [2.45, 2.75) is 20.3 Å². The number of carbonyl (C=O) groups is 2. The summed E-state index contributed by atoms with van der Waals surface area (Å²) in [7, 11) is 0. The molecule has 0 atom stereocenters. The second kappa shape index (κ2) is 15.5. The molecule has 1 rings (SSSR count). The molecule has 0 amide bonds. The lowest BCUT2D eigenvalue weighted by Gasteiger charge is -1.92. The third-order valence-corrected chi connectivity index (χ3v) is 2.16. The third kappa shape index (κ3) is 15.3. The molecule has 0 fully saturated rings. The smallest absolute Gasteiger partial charge is 0.310 e. The van der Waals surface area contributed by atoms with Crippen molar-refractivity contribution < 1.29 is 19.1 Å². The molecule has 0 bridgehead atoms. The number of hydrogen-bond donors (Lipinski definition) is 0. The SMILES string of the molecule is C=COC(=O)CC.C=COC(C)=O.C=Cc1ccc(C=C)cc1. The van der Waals surface area contributed by atoms with E-state index in [9.17, 15) is 9.59 Å². The van der Waals surface area contributed by atoms with Crippen molar-refractivity contribution in [1.82, 2.24) is 0 Å². The minimum atomic E-state index is -0.329. The topological polar surface area (TPSA) is 52.6 Å². The van der Waals surface area contributed by atoms with Crippen molar-refractivity contribution in [1.29, 1.82) is 0 Å². The summed E-state index contributed by atoms with van der Waals surface area (Å²) < 4.78 is 8.48. The van der Waals surface area contributed by atoms with Crippen molar-refractivity contribution in [2.75, 3.05) is 0 Å². The molecule has 0 aliphatic carbocycles. The molecule has 0 aromatic heterocycles. The summed E-state index contributed by atoms with van der Waals surface area (Å²) in [6.07, 6.45) is 6.29. The van der Waals surface area contributed by atoms with E-state index in [0.717, 1.165) is 23.7 Å². The summed E-state index contributed by atoms with van der Waals surface area (Å²) in [4.78, 5) is 19.9. The van der Waals surface area contributed by atoms with Crippen molar-refractivity contribution >= 4 is 24.1 Å². The molecule has 0 N–H and O–H groups in total. The molecule has 124 valence electrons. The van der Waals surface area contributed by atoms with Crippen LogP contribution < -0.4 is 0 Å². The van der Waals surface area contributed by atoms with Gasteiger partial charge in [0.15, 0.2) is 0 Å². The van der Waals surface area contributed by atoms with E-state index in [4.69, 9.17) is 0 Å². The Balaban J connectivity index is 0. The predicted octanol–water partition coefficient (Wildman–Crippen LogP) is 4.75. The average molecular weight is 316 g/mol. The van der Waals surface area contributed by atoms with Crippen LogP contribution in [0.4, 0.5) is 0 Å². The molecule has 0 heterocycles. The Morgan fingerprint density at radius 1 is 0.913 bits per heavy atom. The van der Waals surface area contributed by atoms with Crippen molar-refractivity contribution in [3.63, 3.8) is 0 Å². The zero-order chi connectivity index (χ0) is 18.1. The van der Waals surface area contributed by atoms with Gasteiger partial charge < -0.3 is 9.47 Å². The van der Waals surface area contributed by atoms with Gasteiger partial charge in [0.1, 0.15) is 0 Å². The summed E-state index contributed by atoms with van der Waals surface area (Å²) in [5, 5.41) is 0. The molecule has 0 aliphatic rings. The van der Waals surface area contributed by atoms with Crippen LogP contribution >= 0.6 is 0 Å². The fourth-order valence-corrected chi connectivity index (χ4v) is 1.06. The van der Waals surface area contributed by atoms with Crippen molar-refractivity contribution in [3.05, 3.63) is 74.2 Å². The second-order valence-corrected chi connectivity index (χ2v) is 3.86. The first-order chi connectivity index (χ1) is 10.9. The van der Waals surface area contributed by atoms with Gasteiger partial charge in [-0.2, -0.15) is 0 Å². The van der Waals surface area contributed by atoms with Gasteiger partial charge in [-0.15, -0.1) is 0 Å². The molecule has 1 aromatic rings. The van der Waals surface area contributed by atoms with E-state index in [0.29, 0.717) is 6.42 Å². The second-order valence-electron chi connectivity index (χ2n) is 3.86. The van der Waals surface area contributed by atoms with Crippen molar-refractivity contribution in [3.8, 4) is 0 Å². The maximum atomic E-state index is 10.1. The minimum Gasteiger partial charge on any atom is -0.435 e. The molecule has 4 heteroatoms. The van der Waals surface area contributed by atoms with Crippen LogP contribution in [0.25, 0.3) is 12.2 Å². The lowest BCUT2D eigenvalue weighted by molar-refractivity contribution is -0.137. The van der Waals surface area contributed by atoms with Crippen LogP contribution in [-0.4, -0.2) is 11.9 Å². The highest BCUT2D eigenvalue weighted by molar-refractivity contribution is 5.69. The lowest BCUT2D eigenvalue weighted by Crippen LogP contribution is -1.94. The summed E-state index contributed by atoms with van der Waals surface area (Å²) >= 11 is 0. The van der Waals surface area contributed by atoms with Gasteiger partial charge in [0.05, 0.1) is 12.5 Å². The molecule has 4 nitrogen and oxygen atoms in total. The van der Waals surface area contributed by atoms with Gasteiger partial charge in [-0.25, -0.2) is 0 Å². The highest BCUT2D eigenvalue weighted by atomic mass is 16.5. The Morgan fingerprint density at radius 3 is 1.43 bits per heavy atom. The Hall–Kier alpha value is -2.88. The monoisotopic (exact) mass is 316 g/mol. The van der Waals surface area contributed by atoms with Gasteiger partial charge in [0.2, 0.25) is 0 Å². The number of carbonyl (C=O) groups excluding carboxylic acids is 2. The van der Waals surface area contributed by atoms with Crippen LogP contribution in [0.1, 0.15) is 31.4 Å². The molecule has 23 heavy (non-hydrogen) atoms. The van der Waals surface area contributed by atoms with Crippen LogP contribution in [0.3, 0.4) is 0 Å². The standard InChI is InChI=1S/C10H10.C5H8O2.C4H6O2/c1-3-9-5-7-10(4-2)8-6-9;1-3-5(6)7-4-2;1-3-6-4(2)5/h3-8H,1-2H2;4H,2-3H2,1H3;3H,1H2,2H3. The van der Waals surface area contributed by atoms with E-state index >= 15 is 0 Å². The molecular formula is C19H24O4. The molecule has 0 saturated carbocycles. The molecule has 0 radical (unpaired) electrons. The van der Waals surface area contributed by atoms with E-state index in [1.54, 1.807) is 6.92 Å². The number of ether oxygens (including phenoxy) is 2. The zero-order valence-corrected chi connectivity index (χ0v) is 13.8. The Kier molecular flexibility index (Phi) is 15.1. The van der Waals surface area contributed by atoms with Crippen LogP contribution in [0.2, 0.25) is 0 Å². The largest absolute Gasteiger partial charge is 0.435 e. The summed E-state index contributed by atoms with van der Waals surface area (Å²) in [5.41, 5.74) is 2.29. The van der Waals surface area contributed by atoms with Crippen molar-refractivity contribution in [2.24, 2.45) is 0 Å². The number of esters is 2. The maximum Gasteiger partial charge on any atom is 0.310 e. The van der Waals surface area contributed by atoms with Crippen LogP contribution in [0, 0.1) is 0 Å². The van der Waals surface area contributed by atoms with E-state index < -0.39 is 0 Å². The van der Waals surface area contributed by atoms with Gasteiger partial charge in [-0.3, -0.25) is 9.59 Å². The van der Waals surface area contributed by atoms with Gasteiger partial charge in [0, 0.05) is 13.3 Å². The Morgan fingerprint density at radius 2 is 1.30 bits per heavy atom. The molecule has 1 aromatic carbocycles. The Labute approximate surface area is 138 Å². The third-order valence-electron chi connectivity index (χ3n) is 2.16. The van der Waals surface area contributed by atoms with Gasteiger partial charge in [-0.1, -0.05) is 69.7 Å². The van der Waals surface area contributed by atoms with E-state index in [1.807, 2.05) is 36.4 Å². The van der Waals surface area contributed by atoms with Gasteiger partial charge in [0.25, 0.3) is 0 Å². The van der Waals surface area contributed by atoms with E-state index in [-0.39, 0.29) is 11.9 Å². The first kappa shape index (κ1) is 22.4. The number of hydrogen-bond acceptors (Lipinski definition) is 4. The molecule has 0 spiro atoms. The van der Waals surface area contributed by atoms with E-state index in [1.165, 1.54) is 6.92 Å². The first-order valence-electron chi connectivity index (χ1n) is 6.88. The summed E-state index contributed by atoms with van der Waals surface area (Å²) in [6, 6.07) is 8.07. The average Bonchev–Trinajstić information content (AvgIpc) is 2.56. The number of rotatable bonds is 5. The molecule has 0 saturated heterocycles. The Bertz CT molecular complexity index is 486. The molecule has 0 aliphatic heterocycles. The lowest BCUT2D eigenvalue weighted by atomic mass is 10.1. The summed E-state index contributed by atoms with van der Waals surface area (Å²) in [5.74, 6) is -0.569. The fraction of sp³-hybridized carbons (Fsp3) is 0.158.